The number of pyridine rings is 1. The van der Waals surface area contributed by atoms with Gasteiger partial charge in [-0.1, -0.05) is 24.3 Å². The lowest BCUT2D eigenvalue weighted by molar-refractivity contribution is 0.0582. The molecule has 1 unspecified atom stereocenters. The molecule has 2 amide bonds. The van der Waals surface area contributed by atoms with E-state index in [1.165, 1.54) is 6.92 Å². The second kappa shape index (κ2) is 7.89. The van der Waals surface area contributed by atoms with Gasteiger partial charge in [0.2, 0.25) is 0 Å². The van der Waals surface area contributed by atoms with Crippen LogP contribution >= 0.6 is 0 Å². The highest BCUT2D eigenvalue weighted by molar-refractivity contribution is 6.01. The standard InChI is InChI=1S/C25H26N4O3/c1-14(30)15-5-7-16(8-6-15)25(32)29-18-9-10-19(29)12-17(11-18)28-23-20-3-2-4-22(20)27-13-21(23)24(26)31/h2-3,5-8,13,17-19H,4,9-12H2,1H3,(H2,26,31)(H,27,28)/t17?,18-,19+. The Labute approximate surface area is 186 Å². The van der Waals surface area contributed by atoms with Gasteiger partial charge in [0.25, 0.3) is 11.8 Å². The predicted molar refractivity (Wildman–Crippen MR) is 122 cm³/mol. The number of piperidine rings is 1. The molecule has 32 heavy (non-hydrogen) atoms. The van der Waals surface area contributed by atoms with Crippen LogP contribution in [0.4, 0.5) is 5.69 Å². The van der Waals surface area contributed by atoms with Crippen molar-refractivity contribution in [2.24, 2.45) is 5.73 Å². The van der Waals surface area contributed by atoms with Crippen molar-refractivity contribution in [2.75, 3.05) is 5.32 Å². The lowest BCUT2D eigenvalue weighted by atomic mass is 9.95. The topological polar surface area (TPSA) is 105 Å². The summed E-state index contributed by atoms with van der Waals surface area (Å²) >= 11 is 0. The van der Waals surface area contributed by atoms with E-state index in [9.17, 15) is 14.4 Å². The number of hydrogen-bond donors (Lipinski definition) is 2. The molecule has 2 saturated heterocycles. The first-order valence-corrected chi connectivity index (χ1v) is 11.1. The number of benzene rings is 1. The molecule has 7 nitrogen and oxygen atoms in total. The second-order valence-corrected chi connectivity index (χ2v) is 8.92. The van der Waals surface area contributed by atoms with Gasteiger partial charge in [0, 0.05) is 47.4 Å². The van der Waals surface area contributed by atoms with Crippen molar-refractivity contribution in [1.82, 2.24) is 9.88 Å². The Kier molecular flexibility index (Phi) is 5.04. The van der Waals surface area contributed by atoms with Gasteiger partial charge in [-0.25, -0.2) is 0 Å². The number of anilines is 1. The number of nitrogens with one attached hydrogen (secondary N) is 1. The Bertz CT molecular complexity index is 1120. The zero-order valence-corrected chi connectivity index (χ0v) is 18.0. The maximum atomic E-state index is 13.2. The fraction of sp³-hybridized carbons (Fsp3) is 0.360. The minimum Gasteiger partial charge on any atom is -0.381 e. The lowest BCUT2D eigenvalue weighted by Crippen LogP contribution is -2.49. The number of aromatic nitrogens is 1. The van der Waals surface area contributed by atoms with Gasteiger partial charge in [0.05, 0.1) is 16.9 Å². The van der Waals surface area contributed by atoms with Gasteiger partial charge >= 0.3 is 0 Å². The number of carbonyl (C=O) groups is 3. The fourth-order valence-electron chi connectivity index (χ4n) is 5.37. The van der Waals surface area contributed by atoms with Crippen molar-refractivity contribution in [2.45, 2.75) is 57.2 Å². The summed E-state index contributed by atoms with van der Waals surface area (Å²) in [6.07, 6.45) is 9.91. The molecule has 164 valence electrons. The summed E-state index contributed by atoms with van der Waals surface area (Å²) in [5.41, 5.74) is 9.91. The summed E-state index contributed by atoms with van der Waals surface area (Å²) in [5.74, 6) is -0.479. The molecule has 5 rings (SSSR count). The summed E-state index contributed by atoms with van der Waals surface area (Å²) in [6, 6.07) is 7.37. The van der Waals surface area contributed by atoms with E-state index in [4.69, 9.17) is 5.73 Å². The first-order chi connectivity index (χ1) is 15.4. The Morgan fingerprint density at radius 3 is 2.34 bits per heavy atom. The Morgan fingerprint density at radius 1 is 1.06 bits per heavy atom. The number of primary amides is 1. The maximum absolute atomic E-state index is 13.2. The quantitative estimate of drug-likeness (QED) is 0.709. The van der Waals surface area contributed by atoms with Crippen LogP contribution in [0, 0.1) is 0 Å². The van der Waals surface area contributed by atoms with E-state index >= 15 is 0 Å². The van der Waals surface area contributed by atoms with E-state index in [2.05, 4.69) is 10.3 Å². The monoisotopic (exact) mass is 430 g/mol. The number of amides is 2. The minimum absolute atomic E-state index is 0.0104. The van der Waals surface area contributed by atoms with Gasteiger partial charge in [-0.15, -0.1) is 0 Å². The third-order valence-corrected chi connectivity index (χ3v) is 6.91. The second-order valence-electron chi connectivity index (χ2n) is 8.92. The molecule has 0 spiro atoms. The Balaban J connectivity index is 1.35. The first kappa shape index (κ1) is 20.4. The average molecular weight is 431 g/mol. The molecular formula is C25H26N4O3. The zero-order valence-electron chi connectivity index (χ0n) is 18.0. The molecule has 0 radical (unpaired) electrons. The normalized spacial score (nSPS) is 23.2. The molecule has 1 aromatic heterocycles. The molecule has 1 aromatic carbocycles. The number of ketones is 1. The van der Waals surface area contributed by atoms with Crippen molar-refractivity contribution >= 4 is 29.4 Å². The summed E-state index contributed by atoms with van der Waals surface area (Å²) in [7, 11) is 0. The van der Waals surface area contributed by atoms with Gasteiger partial charge in [0.15, 0.2) is 5.78 Å². The van der Waals surface area contributed by atoms with E-state index in [0.29, 0.717) is 16.7 Å². The molecule has 7 heteroatoms. The molecule has 0 saturated carbocycles. The number of hydrogen-bond acceptors (Lipinski definition) is 5. The van der Waals surface area contributed by atoms with Crippen LogP contribution in [0.3, 0.4) is 0 Å². The van der Waals surface area contributed by atoms with Crippen LogP contribution in [0.25, 0.3) is 6.08 Å². The summed E-state index contributed by atoms with van der Waals surface area (Å²) in [5, 5.41) is 3.58. The molecule has 2 aromatic rings. The number of fused-ring (bicyclic) bond motifs is 3. The van der Waals surface area contributed by atoms with Crippen molar-refractivity contribution in [3.63, 3.8) is 0 Å². The van der Waals surface area contributed by atoms with Gasteiger partial charge in [-0.3, -0.25) is 19.4 Å². The third-order valence-electron chi connectivity index (χ3n) is 6.91. The third kappa shape index (κ3) is 3.47. The van der Waals surface area contributed by atoms with Crippen LogP contribution in [0.1, 0.15) is 74.9 Å². The highest BCUT2D eigenvalue weighted by atomic mass is 16.2. The van der Waals surface area contributed by atoms with Crippen molar-refractivity contribution in [3.8, 4) is 0 Å². The van der Waals surface area contributed by atoms with E-state index in [-0.39, 0.29) is 29.8 Å². The Hall–Kier alpha value is -3.48. The van der Waals surface area contributed by atoms with Crippen LogP contribution < -0.4 is 11.1 Å². The van der Waals surface area contributed by atoms with Gasteiger partial charge in [0.1, 0.15) is 0 Å². The van der Waals surface area contributed by atoms with Crippen molar-refractivity contribution < 1.29 is 14.4 Å². The fourth-order valence-corrected chi connectivity index (χ4v) is 5.37. The molecule has 1 aliphatic carbocycles. The zero-order chi connectivity index (χ0) is 22.4. The number of carbonyl (C=O) groups excluding carboxylic acids is 3. The molecule has 3 N–H and O–H groups in total. The van der Waals surface area contributed by atoms with Crippen LogP contribution in [0.5, 0.6) is 0 Å². The van der Waals surface area contributed by atoms with E-state index in [1.54, 1.807) is 30.5 Å². The predicted octanol–water partition coefficient (Wildman–Crippen LogP) is 3.20. The average Bonchev–Trinajstić information content (AvgIpc) is 3.36. The van der Waals surface area contributed by atoms with Crippen LogP contribution in [-0.4, -0.2) is 45.6 Å². The largest absolute Gasteiger partial charge is 0.381 e. The molecule has 2 bridgehead atoms. The van der Waals surface area contributed by atoms with E-state index in [1.807, 2.05) is 17.1 Å². The van der Waals surface area contributed by atoms with E-state index in [0.717, 1.165) is 49.0 Å². The van der Waals surface area contributed by atoms with Crippen LogP contribution in [-0.2, 0) is 6.42 Å². The summed E-state index contributed by atoms with van der Waals surface area (Å²) in [6.45, 7) is 1.52. The smallest absolute Gasteiger partial charge is 0.254 e. The Morgan fingerprint density at radius 2 is 1.72 bits per heavy atom. The van der Waals surface area contributed by atoms with Crippen LogP contribution in [0.15, 0.2) is 36.5 Å². The van der Waals surface area contributed by atoms with Crippen molar-refractivity contribution in [1.29, 1.82) is 0 Å². The number of rotatable bonds is 5. The van der Waals surface area contributed by atoms with Gasteiger partial charge < -0.3 is 16.0 Å². The number of nitrogens with zero attached hydrogens (tertiary/aromatic N) is 2. The first-order valence-electron chi connectivity index (χ1n) is 11.1. The maximum Gasteiger partial charge on any atom is 0.254 e. The molecule has 2 aliphatic heterocycles. The summed E-state index contributed by atoms with van der Waals surface area (Å²) in [4.78, 5) is 43.2. The number of Topliss-reactive ketones (excluding diaryl/α,β-unsaturated/α-hetero) is 1. The molecule has 3 atom stereocenters. The molecule has 2 fully saturated rings. The lowest BCUT2D eigenvalue weighted by Gasteiger charge is -2.40. The number of nitrogens with two attached hydrogens (primary N) is 1. The highest BCUT2D eigenvalue weighted by Crippen LogP contribution is 2.39. The van der Waals surface area contributed by atoms with Crippen molar-refractivity contribution in [3.05, 3.63) is 64.5 Å². The highest BCUT2D eigenvalue weighted by Gasteiger charge is 2.43. The van der Waals surface area contributed by atoms with Gasteiger partial charge in [-0.2, -0.15) is 0 Å². The summed E-state index contributed by atoms with van der Waals surface area (Å²) < 4.78 is 0. The molecule has 3 aliphatic rings. The molecule has 3 heterocycles. The van der Waals surface area contributed by atoms with E-state index < -0.39 is 5.91 Å². The minimum atomic E-state index is -0.493. The number of allylic oxidation sites excluding steroid dienone is 1. The SMILES string of the molecule is CC(=O)c1ccc(C(=O)N2[C@@H]3CC[C@H]2CC(Nc2c(C(N)=O)cnc4c2C=CC4)C3)cc1. The van der Waals surface area contributed by atoms with Gasteiger partial charge in [-0.05, 0) is 44.7 Å². The van der Waals surface area contributed by atoms with Crippen LogP contribution in [0.2, 0.25) is 0 Å². The molecular weight excluding hydrogens is 404 g/mol.